The lowest BCUT2D eigenvalue weighted by Gasteiger charge is -2.29. The van der Waals surface area contributed by atoms with Gasteiger partial charge in [0.25, 0.3) is 5.91 Å². The summed E-state index contributed by atoms with van der Waals surface area (Å²) in [5.41, 5.74) is 1.40. The van der Waals surface area contributed by atoms with E-state index < -0.39 is 0 Å². The Kier molecular flexibility index (Phi) is 5.69. The third kappa shape index (κ3) is 4.14. The van der Waals surface area contributed by atoms with E-state index in [1.165, 1.54) is 11.3 Å². The summed E-state index contributed by atoms with van der Waals surface area (Å²) >= 11 is 7.78. The van der Waals surface area contributed by atoms with Crippen LogP contribution in [0, 0.1) is 0 Å². The normalized spacial score (nSPS) is 15.1. The number of benzene rings is 2. The Morgan fingerprint density at radius 3 is 2.67 bits per heavy atom. The number of amides is 1. The summed E-state index contributed by atoms with van der Waals surface area (Å²) in [6.07, 6.45) is 0. The van der Waals surface area contributed by atoms with E-state index >= 15 is 0 Å². The van der Waals surface area contributed by atoms with Gasteiger partial charge >= 0.3 is 0 Å². The minimum Gasteiger partial charge on any atom is -0.379 e. The van der Waals surface area contributed by atoms with Crippen LogP contribution in [0.5, 0.6) is 0 Å². The second-order valence-corrected chi connectivity index (χ2v) is 7.78. The topological polar surface area (TPSA) is 45.7 Å². The van der Waals surface area contributed by atoms with Gasteiger partial charge in [-0.15, -0.1) is 0 Å². The predicted molar refractivity (Wildman–Crippen MR) is 110 cm³/mol. The van der Waals surface area contributed by atoms with Crippen molar-refractivity contribution in [3.8, 4) is 0 Å². The summed E-state index contributed by atoms with van der Waals surface area (Å²) in [5.74, 6) is -0.0426. The first-order chi connectivity index (χ1) is 13.2. The molecule has 2 aromatic carbocycles. The van der Waals surface area contributed by atoms with Gasteiger partial charge in [-0.25, -0.2) is 4.98 Å². The van der Waals surface area contributed by atoms with Crippen molar-refractivity contribution in [3.05, 3.63) is 59.1 Å². The van der Waals surface area contributed by atoms with Crippen LogP contribution >= 0.6 is 22.9 Å². The number of aromatic nitrogens is 1. The summed E-state index contributed by atoms with van der Waals surface area (Å²) in [7, 11) is 0. The zero-order chi connectivity index (χ0) is 18.6. The highest BCUT2D eigenvalue weighted by atomic mass is 35.5. The van der Waals surface area contributed by atoms with Crippen molar-refractivity contribution >= 4 is 44.2 Å². The van der Waals surface area contributed by atoms with Crippen LogP contribution in [0.4, 0.5) is 5.13 Å². The molecule has 5 nitrogen and oxygen atoms in total. The molecule has 1 saturated heterocycles. The molecule has 0 unspecified atom stereocenters. The highest BCUT2D eigenvalue weighted by molar-refractivity contribution is 7.22. The van der Waals surface area contributed by atoms with Crippen LogP contribution < -0.4 is 4.90 Å². The van der Waals surface area contributed by atoms with Crippen molar-refractivity contribution in [3.63, 3.8) is 0 Å². The Hall–Kier alpha value is -1.99. The van der Waals surface area contributed by atoms with Gasteiger partial charge < -0.3 is 4.74 Å². The quantitative estimate of drug-likeness (QED) is 0.649. The molecule has 0 saturated carbocycles. The highest BCUT2D eigenvalue weighted by Crippen LogP contribution is 2.33. The van der Waals surface area contributed by atoms with Gasteiger partial charge in [0.15, 0.2) is 5.13 Å². The number of carbonyl (C=O) groups is 1. The van der Waals surface area contributed by atoms with Crippen molar-refractivity contribution in [2.75, 3.05) is 44.3 Å². The number of carbonyl (C=O) groups excluding carboxylic acids is 1. The van der Waals surface area contributed by atoms with Crippen molar-refractivity contribution in [2.45, 2.75) is 0 Å². The van der Waals surface area contributed by atoms with Crippen molar-refractivity contribution in [1.29, 1.82) is 0 Å². The van der Waals surface area contributed by atoms with E-state index in [0.717, 1.165) is 43.1 Å². The van der Waals surface area contributed by atoms with E-state index in [0.29, 0.717) is 22.3 Å². The summed E-state index contributed by atoms with van der Waals surface area (Å²) in [5, 5.41) is 1.29. The van der Waals surface area contributed by atoms with Crippen molar-refractivity contribution in [1.82, 2.24) is 9.88 Å². The molecule has 1 aromatic heterocycles. The van der Waals surface area contributed by atoms with E-state index in [9.17, 15) is 4.79 Å². The molecule has 140 valence electrons. The van der Waals surface area contributed by atoms with E-state index in [-0.39, 0.29) is 5.91 Å². The number of morpholine rings is 1. The van der Waals surface area contributed by atoms with Crippen LogP contribution in [0.2, 0.25) is 5.02 Å². The number of hydrogen-bond acceptors (Lipinski definition) is 5. The first-order valence-corrected chi connectivity index (χ1v) is 10.1. The molecular weight excluding hydrogens is 382 g/mol. The standard InChI is InChI=1S/C20H20ClN3O2S/c21-16-7-4-8-17-18(16)22-20(27-17)24(10-9-23-11-13-26-14-12-23)19(25)15-5-2-1-3-6-15/h1-8H,9-14H2. The fourth-order valence-corrected chi connectivity index (χ4v) is 4.40. The van der Waals surface area contributed by atoms with E-state index in [4.69, 9.17) is 16.3 Å². The van der Waals surface area contributed by atoms with Crippen LogP contribution in [0.1, 0.15) is 10.4 Å². The van der Waals surface area contributed by atoms with Gasteiger partial charge in [0.1, 0.15) is 5.52 Å². The molecule has 1 amide bonds. The molecule has 27 heavy (non-hydrogen) atoms. The summed E-state index contributed by atoms with van der Waals surface area (Å²) in [4.78, 5) is 22.0. The molecule has 2 heterocycles. The number of nitrogens with zero attached hydrogens (tertiary/aromatic N) is 3. The molecule has 1 aliphatic heterocycles. The molecule has 0 N–H and O–H groups in total. The molecule has 0 atom stereocenters. The third-order valence-electron chi connectivity index (χ3n) is 4.60. The van der Waals surface area contributed by atoms with E-state index in [1.54, 1.807) is 4.90 Å². The Balaban J connectivity index is 1.63. The molecule has 1 fully saturated rings. The number of ether oxygens (including phenoxy) is 1. The van der Waals surface area contributed by atoms with Gasteiger partial charge in [0, 0.05) is 31.7 Å². The smallest absolute Gasteiger partial charge is 0.260 e. The monoisotopic (exact) mass is 401 g/mol. The number of para-hydroxylation sites is 1. The molecular formula is C20H20ClN3O2S. The largest absolute Gasteiger partial charge is 0.379 e. The molecule has 0 bridgehead atoms. The Morgan fingerprint density at radius 2 is 1.93 bits per heavy atom. The lowest BCUT2D eigenvalue weighted by atomic mass is 10.2. The lowest BCUT2D eigenvalue weighted by Crippen LogP contribution is -2.43. The first kappa shape index (κ1) is 18.4. The van der Waals surface area contributed by atoms with E-state index in [2.05, 4.69) is 9.88 Å². The number of halogens is 1. The fourth-order valence-electron chi connectivity index (χ4n) is 3.11. The molecule has 0 aliphatic carbocycles. The lowest BCUT2D eigenvalue weighted by molar-refractivity contribution is 0.0391. The van der Waals surface area contributed by atoms with E-state index in [1.807, 2.05) is 48.5 Å². The first-order valence-electron chi connectivity index (χ1n) is 8.94. The molecule has 7 heteroatoms. The number of thiazole rings is 1. The average molecular weight is 402 g/mol. The molecule has 0 radical (unpaired) electrons. The van der Waals surface area contributed by atoms with Crippen LogP contribution in [0.15, 0.2) is 48.5 Å². The maximum absolute atomic E-state index is 13.2. The van der Waals surface area contributed by atoms with Crippen LogP contribution in [-0.2, 0) is 4.74 Å². The Bertz CT molecular complexity index is 925. The Labute approximate surface area is 167 Å². The van der Waals surface area contributed by atoms with Gasteiger partial charge in [-0.3, -0.25) is 14.6 Å². The molecule has 1 aliphatic rings. The minimum absolute atomic E-state index is 0.0426. The summed E-state index contributed by atoms with van der Waals surface area (Å²) < 4.78 is 6.40. The zero-order valence-corrected chi connectivity index (χ0v) is 16.4. The number of anilines is 1. The average Bonchev–Trinajstić information content (AvgIpc) is 3.15. The summed E-state index contributed by atoms with van der Waals surface area (Å²) in [6, 6.07) is 15.1. The SMILES string of the molecule is O=C(c1ccccc1)N(CCN1CCOCC1)c1nc2c(Cl)cccc2s1. The maximum Gasteiger partial charge on any atom is 0.260 e. The minimum atomic E-state index is -0.0426. The van der Waals surface area contributed by atoms with Gasteiger partial charge in [0.05, 0.1) is 22.9 Å². The molecule has 4 rings (SSSR count). The molecule has 3 aromatic rings. The predicted octanol–water partition coefficient (Wildman–Crippen LogP) is 3.93. The number of rotatable bonds is 5. The van der Waals surface area contributed by atoms with Crippen LogP contribution in [0.25, 0.3) is 10.2 Å². The van der Waals surface area contributed by atoms with Crippen molar-refractivity contribution in [2.24, 2.45) is 0 Å². The van der Waals surface area contributed by atoms with Gasteiger partial charge in [-0.1, -0.05) is 47.2 Å². The second-order valence-electron chi connectivity index (χ2n) is 6.36. The highest BCUT2D eigenvalue weighted by Gasteiger charge is 2.23. The zero-order valence-electron chi connectivity index (χ0n) is 14.8. The van der Waals surface area contributed by atoms with Gasteiger partial charge in [-0.05, 0) is 24.3 Å². The summed E-state index contributed by atoms with van der Waals surface area (Å²) in [6.45, 7) is 4.61. The third-order valence-corrected chi connectivity index (χ3v) is 5.95. The van der Waals surface area contributed by atoms with Crippen LogP contribution in [-0.4, -0.2) is 55.2 Å². The Morgan fingerprint density at radius 1 is 1.15 bits per heavy atom. The number of hydrogen-bond donors (Lipinski definition) is 0. The second kappa shape index (κ2) is 8.35. The van der Waals surface area contributed by atoms with Gasteiger partial charge in [-0.2, -0.15) is 0 Å². The maximum atomic E-state index is 13.2. The van der Waals surface area contributed by atoms with Gasteiger partial charge in [0.2, 0.25) is 0 Å². The van der Waals surface area contributed by atoms with Crippen LogP contribution in [0.3, 0.4) is 0 Å². The molecule has 0 spiro atoms. The van der Waals surface area contributed by atoms with Crippen molar-refractivity contribution < 1.29 is 9.53 Å². The fraction of sp³-hybridized carbons (Fsp3) is 0.300. The number of fused-ring (bicyclic) bond motifs is 1.